The van der Waals surface area contributed by atoms with Gasteiger partial charge in [-0.25, -0.2) is 0 Å². The second-order valence-corrected chi connectivity index (χ2v) is 4.15. The first-order valence-corrected chi connectivity index (χ1v) is 4.98. The first kappa shape index (κ1) is 9.40. The number of amides is 2. The summed E-state index contributed by atoms with van der Waals surface area (Å²) in [6, 6.07) is 5.40. The fourth-order valence-electron chi connectivity index (χ4n) is 1.48. The van der Waals surface area contributed by atoms with Gasteiger partial charge in [-0.15, -0.1) is 0 Å². The molecule has 0 saturated carbocycles. The Balaban J connectivity index is 2.57. The van der Waals surface area contributed by atoms with E-state index in [1.54, 1.807) is 6.07 Å². The lowest BCUT2D eigenvalue weighted by Crippen LogP contribution is -2.39. The van der Waals surface area contributed by atoms with Crippen molar-refractivity contribution in [1.82, 2.24) is 4.90 Å². The number of hydrogen-bond acceptors (Lipinski definition) is 2. The third kappa shape index (κ3) is 1.35. The minimum absolute atomic E-state index is 0.148. The molecule has 0 radical (unpaired) electrons. The average molecular weight is 254 g/mol. The molecule has 1 aromatic rings. The van der Waals surface area contributed by atoms with E-state index in [-0.39, 0.29) is 11.8 Å². The number of likely N-dealkylation sites (N-methyl/N-ethyl adjacent to an activating group) is 1. The number of carbonyl (C=O) groups is 2. The van der Waals surface area contributed by atoms with Crippen molar-refractivity contribution in [1.29, 1.82) is 0 Å². The van der Waals surface area contributed by atoms with E-state index in [2.05, 4.69) is 15.9 Å². The van der Waals surface area contributed by atoms with Gasteiger partial charge in [0.2, 0.25) is 5.91 Å². The van der Waals surface area contributed by atoms with Crippen LogP contribution in [0.3, 0.4) is 0 Å². The number of imide groups is 1. The van der Waals surface area contributed by atoms with Gasteiger partial charge in [0.15, 0.2) is 0 Å². The van der Waals surface area contributed by atoms with E-state index in [4.69, 9.17) is 0 Å². The molecule has 14 heavy (non-hydrogen) atoms. The zero-order chi connectivity index (χ0) is 10.3. The predicted octanol–water partition coefficient (Wildman–Crippen LogP) is 1.60. The van der Waals surface area contributed by atoms with Crippen LogP contribution in [0.15, 0.2) is 22.7 Å². The zero-order valence-electron chi connectivity index (χ0n) is 7.58. The van der Waals surface area contributed by atoms with Crippen LogP contribution >= 0.6 is 15.9 Å². The van der Waals surface area contributed by atoms with Gasteiger partial charge in [0, 0.05) is 17.1 Å². The van der Waals surface area contributed by atoms with E-state index in [1.165, 1.54) is 7.05 Å². The van der Waals surface area contributed by atoms with Crippen LogP contribution < -0.4 is 0 Å². The summed E-state index contributed by atoms with van der Waals surface area (Å²) in [7, 11) is 1.51. The van der Waals surface area contributed by atoms with Crippen LogP contribution in [0.25, 0.3) is 0 Å². The van der Waals surface area contributed by atoms with E-state index in [0.717, 1.165) is 14.9 Å². The molecule has 0 bridgehead atoms. The number of nitrogens with zero attached hydrogens (tertiary/aromatic N) is 1. The van der Waals surface area contributed by atoms with Crippen molar-refractivity contribution in [2.75, 3.05) is 7.05 Å². The van der Waals surface area contributed by atoms with E-state index in [1.807, 2.05) is 12.1 Å². The van der Waals surface area contributed by atoms with E-state index >= 15 is 0 Å². The topological polar surface area (TPSA) is 37.4 Å². The summed E-state index contributed by atoms with van der Waals surface area (Å²) in [5.74, 6) is -0.373. The molecule has 4 heteroatoms. The SMILES string of the molecule is CN1C(=O)Cc2ccc(Br)cc2C1=O. The first-order chi connectivity index (χ1) is 6.59. The molecule has 0 aromatic heterocycles. The predicted molar refractivity (Wildman–Crippen MR) is 54.9 cm³/mol. The average Bonchev–Trinajstić information content (AvgIpc) is 2.16. The second kappa shape index (κ2) is 3.20. The Hall–Kier alpha value is -1.16. The van der Waals surface area contributed by atoms with E-state index in [9.17, 15) is 9.59 Å². The van der Waals surface area contributed by atoms with Crippen LogP contribution in [0.5, 0.6) is 0 Å². The maximum absolute atomic E-state index is 11.7. The van der Waals surface area contributed by atoms with Crippen LogP contribution in [0.4, 0.5) is 0 Å². The standard InChI is InChI=1S/C10H8BrNO2/c1-12-9(13)4-6-2-3-7(11)5-8(6)10(12)14/h2-3,5H,4H2,1H3. The van der Waals surface area contributed by atoms with Crippen LogP contribution in [0, 0.1) is 0 Å². The Morgan fingerprint density at radius 2 is 2.07 bits per heavy atom. The fourth-order valence-corrected chi connectivity index (χ4v) is 1.84. The lowest BCUT2D eigenvalue weighted by Gasteiger charge is -2.22. The molecule has 2 amide bonds. The van der Waals surface area contributed by atoms with Gasteiger partial charge in [0.05, 0.1) is 6.42 Å². The van der Waals surface area contributed by atoms with Gasteiger partial charge in [-0.3, -0.25) is 14.5 Å². The van der Waals surface area contributed by atoms with Crippen LogP contribution in [-0.4, -0.2) is 23.8 Å². The molecule has 1 aromatic carbocycles. The van der Waals surface area contributed by atoms with Crippen LogP contribution in [-0.2, 0) is 11.2 Å². The molecule has 1 heterocycles. The van der Waals surface area contributed by atoms with E-state index in [0.29, 0.717) is 12.0 Å². The molecule has 0 saturated heterocycles. The summed E-state index contributed by atoms with van der Waals surface area (Å²) < 4.78 is 0.854. The number of carbonyl (C=O) groups excluding carboxylic acids is 2. The number of fused-ring (bicyclic) bond motifs is 1. The third-order valence-electron chi connectivity index (χ3n) is 2.32. The van der Waals surface area contributed by atoms with Gasteiger partial charge in [-0.05, 0) is 17.7 Å². The number of benzene rings is 1. The molecule has 2 rings (SSSR count). The summed E-state index contributed by atoms with van der Waals surface area (Å²) in [5, 5.41) is 0. The number of hydrogen-bond donors (Lipinski definition) is 0. The molecule has 0 N–H and O–H groups in total. The van der Waals surface area contributed by atoms with Gasteiger partial charge in [0.1, 0.15) is 0 Å². The molecular formula is C10H8BrNO2. The van der Waals surface area contributed by atoms with Gasteiger partial charge in [-0.2, -0.15) is 0 Å². The maximum Gasteiger partial charge on any atom is 0.260 e. The molecule has 0 aliphatic carbocycles. The molecule has 72 valence electrons. The highest BCUT2D eigenvalue weighted by atomic mass is 79.9. The van der Waals surface area contributed by atoms with Crippen molar-refractivity contribution in [2.45, 2.75) is 6.42 Å². The van der Waals surface area contributed by atoms with Gasteiger partial charge in [-0.1, -0.05) is 22.0 Å². The lowest BCUT2D eigenvalue weighted by molar-refractivity contribution is -0.127. The van der Waals surface area contributed by atoms with Gasteiger partial charge >= 0.3 is 0 Å². The number of rotatable bonds is 0. The highest BCUT2D eigenvalue weighted by Crippen LogP contribution is 2.22. The highest BCUT2D eigenvalue weighted by molar-refractivity contribution is 9.10. The fraction of sp³-hybridized carbons (Fsp3) is 0.200. The zero-order valence-corrected chi connectivity index (χ0v) is 9.17. The minimum Gasteiger partial charge on any atom is -0.281 e. The molecule has 0 spiro atoms. The summed E-state index contributed by atoms with van der Waals surface area (Å²) in [6.45, 7) is 0. The summed E-state index contributed by atoms with van der Waals surface area (Å²) in [4.78, 5) is 24.2. The summed E-state index contributed by atoms with van der Waals surface area (Å²) in [5.41, 5.74) is 1.42. The normalized spacial score (nSPS) is 15.7. The quantitative estimate of drug-likeness (QED) is 0.659. The molecule has 0 atom stereocenters. The molecule has 3 nitrogen and oxygen atoms in total. The van der Waals surface area contributed by atoms with Crippen molar-refractivity contribution < 1.29 is 9.59 Å². The molecule has 0 unspecified atom stereocenters. The van der Waals surface area contributed by atoms with Crippen molar-refractivity contribution in [3.63, 3.8) is 0 Å². The molecule has 1 aliphatic heterocycles. The van der Waals surface area contributed by atoms with Crippen molar-refractivity contribution in [3.05, 3.63) is 33.8 Å². The lowest BCUT2D eigenvalue weighted by atomic mass is 9.99. The Morgan fingerprint density at radius 3 is 2.79 bits per heavy atom. The van der Waals surface area contributed by atoms with Gasteiger partial charge in [0.25, 0.3) is 5.91 Å². The number of halogens is 1. The summed E-state index contributed by atoms with van der Waals surface area (Å²) >= 11 is 3.30. The van der Waals surface area contributed by atoms with Crippen molar-refractivity contribution >= 4 is 27.7 Å². The minimum atomic E-state index is -0.224. The Morgan fingerprint density at radius 1 is 1.36 bits per heavy atom. The Bertz CT molecular complexity index is 428. The molecular weight excluding hydrogens is 246 g/mol. The first-order valence-electron chi connectivity index (χ1n) is 4.19. The van der Waals surface area contributed by atoms with Crippen LogP contribution in [0.1, 0.15) is 15.9 Å². The van der Waals surface area contributed by atoms with Gasteiger partial charge < -0.3 is 0 Å². The Kier molecular flexibility index (Phi) is 2.15. The highest BCUT2D eigenvalue weighted by Gasteiger charge is 2.27. The monoisotopic (exact) mass is 253 g/mol. The summed E-state index contributed by atoms with van der Waals surface area (Å²) in [6.07, 6.45) is 0.310. The molecule has 1 aliphatic rings. The van der Waals surface area contributed by atoms with Crippen molar-refractivity contribution in [3.8, 4) is 0 Å². The third-order valence-corrected chi connectivity index (χ3v) is 2.82. The van der Waals surface area contributed by atoms with Crippen molar-refractivity contribution in [2.24, 2.45) is 0 Å². The molecule has 0 fully saturated rings. The van der Waals surface area contributed by atoms with Crippen LogP contribution in [0.2, 0.25) is 0 Å². The van der Waals surface area contributed by atoms with E-state index < -0.39 is 0 Å². The smallest absolute Gasteiger partial charge is 0.260 e. The largest absolute Gasteiger partial charge is 0.281 e. The second-order valence-electron chi connectivity index (χ2n) is 3.24. The Labute approximate surface area is 89.8 Å². The maximum atomic E-state index is 11.7.